The lowest BCUT2D eigenvalue weighted by Gasteiger charge is -2.18. The number of fused-ring (bicyclic) bond motifs is 5. The van der Waals surface area contributed by atoms with Gasteiger partial charge in [-0.2, -0.15) is 20.4 Å². The summed E-state index contributed by atoms with van der Waals surface area (Å²) in [5, 5.41) is 54.2. The minimum atomic E-state index is -1.48. The number of benzene rings is 4. The number of esters is 3. The molecule has 0 saturated carbocycles. The van der Waals surface area contributed by atoms with Crippen molar-refractivity contribution < 1.29 is 73.3 Å². The van der Waals surface area contributed by atoms with Gasteiger partial charge in [-0.1, -0.05) is 48.5 Å². The first-order valence-electron chi connectivity index (χ1n) is 35.1. The summed E-state index contributed by atoms with van der Waals surface area (Å²) in [6.45, 7) is 9.03. The number of H-pyrrole nitrogens is 1. The van der Waals surface area contributed by atoms with Crippen molar-refractivity contribution in [1.29, 1.82) is 10.8 Å². The molecule has 15 rings (SSSR count). The summed E-state index contributed by atoms with van der Waals surface area (Å²) in [4.78, 5) is 93.9. The average Bonchev–Trinajstić information content (AvgIpc) is 1.57. The molecule has 0 saturated heterocycles. The lowest BCUT2D eigenvalue weighted by atomic mass is 9.88. The predicted molar refractivity (Wildman–Crippen MR) is 409 cm³/mol. The lowest BCUT2D eigenvalue weighted by molar-refractivity contribution is -0.164. The van der Waals surface area contributed by atoms with Gasteiger partial charge in [-0.25, -0.2) is 83.6 Å². The van der Waals surface area contributed by atoms with Crippen molar-refractivity contribution in [2.75, 3.05) is 33.2 Å². The van der Waals surface area contributed by atoms with Gasteiger partial charge < -0.3 is 41.4 Å². The van der Waals surface area contributed by atoms with Crippen LogP contribution in [-0.4, -0.2) is 158 Å². The van der Waals surface area contributed by atoms with Gasteiger partial charge in [-0.15, -0.1) is 20.4 Å². The second kappa shape index (κ2) is 34.9. The molecule has 118 heavy (non-hydrogen) atoms. The molecule has 40 heteroatoms. The Morgan fingerprint density at radius 1 is 0.500 bits per heavy atom. The molecule has 11 heterocycles. The minimum Gasteiger partial charge on any atom is -0.468 e. The normalized spacial score (nSPS) is 12.1. The Morgan fingerprint density at radius 2 is 0.898 bits per heavy atom. The number of rotatable bonds is 18. The zero-order valence-corrected chi connectivity index (χ0v) is 63.8. The number of ketones is 1. The van der Waals surface area contributed by atoms with Crippen LogP contribution in [0, 0.1) is 62.8 Å². The highest BCUT2D eigenvalue weighted by Crippen LogP contribution is 2.36. The number of nitrogens with two attached hydrogens (primary N) is 2. The highest BCUT2D eigenvalue weighted by Gasteiger charge is 2.43. The van der Waals surface area contributed by atoms with E-state index < -0.39 is 92.0 Å². The largest absolute Gasteiger partial charge is 0.468 e. The average molecular weight is 1620 g/mol. The number of hydrogen-bond acceptors (Lipinski definition) is 25. The maximum Gasteiger partial charge on any atom is 0.375 e. The molecule has 8 N–H and O–H groups in total. The molecule has 1 amide bonds. The van der Waals surface area contributed by atoms with Gasteiger partial charge in [0.05, 0.1) is 74.8 Å². The number of nitrogens with one attached hydrogen (secondary N) is 4. The van der Waals surface area contributed by atoms with Gasteiger partial charge in [0.25, 0.3) is 11.3 Å². The Hall–Kier alpha value is -14.7. The first-order chi connectivity index (χ1) is 56.2. The fourth-order valence-electron chi connectivity index (χ4n) is 11.9. The van der Waals surface area contributed by atoms with E-state index in [0.29, 0.717) is 67.0 Å². The van der Waals surface area contributed by atoms with Crippen molar-refractivity contribution in [3.05, 3.63) is 248 Å². The molecule has 10 aromatic heterocycles. The number of nitrogen functional groups attached to an aromatic ring is 1. The van der Waals surface area contributed by atoms with Crippen LogP contribution < -0.4 is 22.3 Å². The van der Waals surface area contributed by atoms with Gasteiger partial charge in [0.2, 0.25) is 11.7 Å². The third-order valence-corrected chi connectivity index (χ3v) is 18.3. The Morgan fingerprint density at radius 3 is 1.31 bits per heavy atom. The summed E-state index contributed by atoms with van der Waals surface area (Å²) < 4.78 is 129. The van der Waals surface area contributed by atoms with Gasteiger partial charge in [0, 0.05) is 59.0 Å². The van der Waals surface area contributed by atoms with E-state index in [0.717, 1.165) is 38.5 Å². The smallest absolute Gasteiger partial charge is 0.375 e. The number of nitrogens with zero attached hydrogens (tertiary/aromatic N) is 17. The van der Waals surface area contributed by atoms with E-state index in [1.54, 1.807) is 81.0 Å². The number of hydrogen-bond donors (Lipinski definition) is 6. The van der Waals surface area contributed by atoms with Crippen molar-refractivity contribution in [2.45, 2.75) is 78.6 Å². The standard InChI is InChI=1S/C21H18F2N6O3.C20H15F2N7O.C15H13F2N5.C14H11F2N5.C8H12O5/c1-21(2,20(31)32-3)16-19(30)25-17(27-26-16)15-12-7-5-9-24-18(12)29(28-15)10-11-6-4-8-13(22)14(11)23;1-20(2)15-17(25-19(20)30)24-16(27-26-15)14-11-6-4-8-23-18(11)29(28-14)9-10-5-3-7-12(21)13(10)22;16-11-5-1-3-9(13(11)17)8-22-15-10(4-2-6-20-15)14(21-22)12(19)7-18;15-10-5-1-3-8(11(10)16)7-21-14-9(4-2-6-19-14)12(20-21)13(17)18;1-8(2,7(11)13-4)5(9)6(10)12-3/h4-9H,10H2,1-3H3,(H,25,27,30);3-8H,9H2,1-2H3,(H,24,25,27,30);1-6,19H,7-8,18H2;1-6H,7H2,(H3,17,18);1-4H3. The lowest BCUT2D eigenvalue weighted by Crippen LogP contribution is -2.39. The topological polar surface area (TPSA) is 445 Å². The zero-order valence-electron chi connectivity index (χ0n) is 63.8. The summed E-state index contributed by atoms with van der Waals surface area (Å²) in [6.07, 6.45) is 6.25. The van der Waals surface area contributed by atoms with Crippen LogP contribution in [0.2, 0.25) is 0 Å². The van der Waals surface area contributed by atoms with E-state index in [2.05, 4.69) is 85.5 Å². The molecular weight excluding hydrogens is 1550 g/mol. The van der Waals surface area contributed by atoms with Crippen molar-refractivity contribution in [3.8, 4) is 23.0 Å². The highest BCUT2D eigenvalue weighted by molar-refractivity contribution is 6.39. The van der Waals surface area contributed by atoms with Crippen LogP contribution in [0.5, 0.6) is 0 Å². The summed E-state index contributed by atoms with van der Waals surface area (Å²) in [6, 6.07) is 29.6. The number of ether oxygens (including phenoxy) is 3. The molecule has 32 nitrogen and oxygen atoms in total. The maximum atomic E-state index is 14.2. The van der Waals surface area contributed by atoms with Crippen LogP contribution in [0.15, 0.2) is 151 Å². The Bertz CT molecular complexity index is 6340. The number of methoxy groups -OCH3 is 3. The quantitative estimate of drug-likeness (QED) is 0.00886. The molecule has 0 aliphatic carbocycles. The summed E-state index contributed by atoms with van der Waals surface area (Å²) in [5.41, 5.74) is 10.9. The molecule has 0 spiro atoms. The molecule has 4 aromatic carbocycles. The van der Waals surface area contributed by atoms with Gasteiger partial charge in [-0.3, -0.25) is 29.4 Å². The molecule has 0 radical (unpaired) electrons. The minimum absolute atomic E-state index is 0.00435. The number of amidine groups is 1. The third kappa shape index (κ3) is 17.2. The van der Waals surface area contributed by atoms with Crippen molar-refractivity contribution in [1.82, 2.24) is 89.4 Å². The van der Waals surface area contributed by atoms with E-state index in [4.69, 9.17) is 27.0 Å². The second-order valence-corrected chi connectivity index (χ2v) is 27.3. The van der Waals surface area contributed by atoms with E-state index in [-0.39, 0.29) is 101 Å². The monoisotopic (exact) mass is 1620 g/mol. The molecule has 14 aromatic rings. The van der Waals surface area contributed by atoms with E-state index in [9.17, 15) is 63.9 Å². The van der Waals surface area contributed by atoms with E-state index in [1.165, 1.54) is 108 Å². The van der Waals surface area contributed by atoms with Crippen molar-refractivity contribution in [2.24, 2.45) is 16.9 Å². The molecule has 0 fully saturated rings. The number of aromatic amines is 1. The number of halogens is 8. The van der Waals surface area contributed by atoms with Crippen LogP contribution in [0.3, 0.4) is 0 Å². The molecular formula is C78H69F8N23O9. The number of Topliss-reactive ketones (excluding diaryl/α,β-unsaturated/α-hetero) is 1. The molecule has 0 bridgehead atoms. The summed E-state index contributed by atoms with van der Waals surface area (Å²) >= 11 is 0. The Balaban J connectivity index is 0.000000149. The Labute approximate surface area is 661 Å². The third-order valence-electron chi connectivity index (χ3n) is 18.3. The van der Waals surface area contributed by atoms with E-state index >= 15 is 0 Å². The number of carbonyl (C=O) groups excluding carboxylic acids is 5. The number of aromatic nitrogens is 18. The number of amides is 1. The van der Waals surface area contributed by atoms with Crippen molar-refractivity contribution >= 4 is 91.1 Å². The second-order valence-electron chi connectivity index (χ2n) is 27.3. The van der Waals surface area contributed by atoms with E-state index in [1.807, 2.05) is 0 Å². The number of anilines is 1. The molecule has 1 aliphatic heterocycles. The van der Waals surface area contributed by atoms with Crippen LogP contribution in [-0.2, 0) is 75.2 Å². The molecule has 0 atom stereocenters. The summed E-state index contributed by atoms with van der Waals surface area (Å²) in [5.74, 6) is -10.7. The SMILES string of the molecule is CC1(C)C(=O)Nc2nc(-c3nn(Cc4cccc(F)c4F)c4ncccc34)nnc21.COC(=O)C(=O)C(C)(C)C(=O)OC.COC(=O)C(C)(C)c1nnc(-c2nn(Cc3cccc(F)c3F)c3ncccc23)[nH]c1=O.N=C(CN)c1nn(Cc2cccc(F)c2F)c2ncccc12.N=C(N)c1nn(Cc2cccc(F)c2F)c2ncccc12. The predicted octanol–water partition coefficient (Wildman–Crippen LogP) is 9.25. The molecule has 1 aliphatic rings. The molecule has 0 unspecified atom stereocenters. The fourth-order valence-corrected chi connectivity index (χ4v) is 11.9. The van der Waals surface area contributed by atoms with Gasteiger partial charge in [0.15, 0.2) is 80.8 Å². The van der Waals surface area contributed by atoms with Crippen LogP contribution in [0.25, 0.3) is 67.2 Å². The number of carbonyl (C=O) groups is 5. The summed E-state index contributed by atoms with van der Waals surface area (Å²) in [7, 11) is 3.44. The number of pyridine rings is 4. The zero-order chi connectivity index (χ0) is 85.4. The first-order valence-corrected chi connectivity index (χ1v) is 35.1. The van der Waals surface area contributed by atoms with Gasteiger partial charge in [0.1, 0.15) is 50.8 Å². The highest BCUT2D eigenvalue weighted by atomic mass is 19.2. The van der Waals surface area contributed by atoms with Crippen LogP contribution in [0.4, 0.5) is 40.9 Å². The fraction of sp³-hybridized carbons (Fsp3) is 0.218. The Kier molecular flexibility index (Phi) is 24.9. The molecule has 606 valence electrons. The van der Waals surface area contributed by atoms with Crippen LogP contribution in [0.1, 0.15) is 86.6 Å². The van der Waals surface area contributed by atoms with Crippen molar-refractivity contribution in [3.63, 3.8) is 0 Å². The first kappa shape index (κ1) is 84.2. The van der Waals surface area contributed by atoms with Crippen LogP contribution >= 0.6 is 0 Å². The maximum absolute atomic E-state index is 14.2. The van der Waals surface area contributed by atoms with Gasteiger partial charge in [-0.05, 0) is 114 Å². The van der Waals surface area contributed by atoms with Gasteiger partial charge >= 0.3 is 17.9 Å².